The van der Waals surface area contributed by atoms with E-state index in [1.807, 2.05) is 48.5 Å². The smallest absolute Gasteiger partial charge is 0.246 e. The van der Waals surface area contributed by atoms with Gasteiger partial charge in [0.05, 0.1) is 12.0 Å². The summed E-state index contributed by atoms with van der Waals surface area (Å²) in [5, 5.41) is 18.9. The second kappa shape index (κ2) is 5.70. The summed E-state index contributed by atoms with van der Waals surface area (Å²) in [5.41, 5.74) is 2.45. The van der Waals surface area contributed by atoms with Crippen LogP contribution < -0.4 is 4.74 Å². The van der Waals surface area contributed by atoms with Gasteiger partial charge in [-0.3, -0.25) is 0 Å². The quantitative estimate of drug-likeness (QED) is 0.795. The van der Waals surface area contributed by atoms with Gasteiger partial charge >= 0.3 is 0 Å². The van der Waals surface area contributed by atoms with Crippen molar-refractivity contribution in [2.24, 2.45) is 0 Å². The number of para-hydroxylation sites is 1. The van der Waals surface area contributed by atoms with Crippen LogP contribution in [0.2, 0.25) is 0 Å². The van der Waals surface area contributed by atoms with Crippen LogP contribution in [-0.4, -0.2) is 5.11 Å². The fourth-order valence-electron chi connectivity index (χ4n) is 2.14. The number of hydrogen-bond donors (Lipinski definition) is 1. The van der Waals surface area contributed by atoms with Gasteiger partial charge in [0.25, 0.3) is 0 Å². The molecule has 4 heteroatoms. The van der Waals surface area contributed by atoms with Gasteiger partial charge in [-0.15, -0.1) is 0 Å². The third-order valence-electron chi connectivity index (χ3n) is 3.24. The van der Waals surface area contributed by atoms with Crippen molar-refractivity contribution in [1.29, 1.82) is 5.26 Å². The number of aliphatic hydroxyl groups excluding tert-OH is 1. The number of aliphatic hydroxyl groups is 1. The zero-order valence-electron chi connectivity index (χ0n) is 11.2. The Morgan fingerprint density at radius 1 is 1.05 bits per heavy atom. The molecule has 3 aromatic rings. The third kappa shape index (κ3) is 2.60. The molecule has 0 bridgehead atoms. The van der Waals surface area contributed by atoms with E-state index in [4.69, 9.17) is 19.5 Å². The molecule has 0 atom stereocenters. The van der Waals surface area contributed by atoms with E-state index in [1.165, 1.54) is 0 Å². The maximum Gasteiger partial charge on any atom is 0.246 e. The molecule has 1 heterocycles. The van der Waals surface area contributed by atoms with Crippen LogP contribution in [0.4, 0.5) is 0 Å². The average molecular weight is 279 g/mol. The molecule has 3 rings (SSSR count). The molecule has 0 unspecified atom stereocenters. The zero-order valence-corrected chi connectivity index (χ0v) is 11.2. The number of ether oxygens (including phenoxy) is 1. The SMILES string of the molecule is N#Cc1oc2ccccc2c1OCc1ccc(CO)cc1. The highest BCUT2D eigenvalue weighted by Gasteiger charge is 2.14. The molecule has 0 amide bonds. The highest BCUT2D eigenvalue weighted by molar-refractivity contribution is 5.86. The summed E-state index contributed by atoms with van der Waals surface area (Å²) in [5.74, 6) is 0.655. The predicted octanol–water partition coefficient (Wildman–Crippen LogP) is 3.38. The third-order valence-corrected chi connectivity index (χ3v) is 3.24. The van der Waals surface area contributed by atoms with E-state index in [0.717, 1.165) is 16.5 Å². The van der Waals surface area contributed by atoms with Crippen molar-refractivity contribution in [1.82, 2.24) is 0 Å². The lowest BCUT2D eigenvalue weighted by Crippen LogP contribution is -1.96. The number of fused-ring (bicyclic) bond motifs is 1. The molecule has 0 spiro atoms. The first-order valence-corrected chi connectivity index (χ1v) is 6.55. The van der Waals surface area contributed by atoms with Crippen LogP contribution in [-0.2, 0) is 13.2 Å². The fraction of sp³-hybridized carbons (Fsp3) is 0.118. The van der Waals surface area contributed by atoms with Crippen LogP contribution in [0.15, 0.2) is 52.9 Å². The second-order valence-corrected chi connectivity index (χ2v) is 4.63. The normalized spacial score (nSPS) is 10.5. The summed E-state index contributed by atoms with van der Waals surface area (Å²) < 4.78 is 11.2. The Morgan fingerprint density at radius 3 is 2.48 bits per heavy atom. The maximum atomic E-state index is 9.13. The topological polar surface area (TPSA) is 66.4 Å². The molecule has 0 aliphatic heterocycles. The molecule has 104 valence electrons. The standard InChI is InChI=1S/C17H13NO3/c18-9-16-17(14-3-1-2-4-15(14)21-16)20-11-13-7-5-12(10-19)6-8-13/h1-8,19H,10-11H2. The molecule has 0 radical (unpaired) electrons. The van der Waals surface area contributed by atoms with Crippen molar-refractivity contribution >= 4 is 11.0 Å². The fourth-order valence-corrected chi connectivity index (χ4v) is 2.14. The summed E-state index contributed by atoms with van der Waals surface area (Å²) in [4.78, 5) is 0. The molecule has 0 saturated heterocycles. The molecule has 1 N–H and O–H groups in total. The molecule has 0 aliphatic rings. The molecular weight excluding hydrogens is 266 g/mol. The Hall–Kier alpha value is -2.77. The van der Waals surface area contributed by atoms with Crippen molar-refractivity contribution in [3.63, 3.8) is 0 Å². The minimum Gasteiger partial charge on any atom is -0.483 e. The van der Waals surface area contributed by atoms with Gasteiger partial charge in [-0.05, 0) is 23.3 Å². The number of furan rings is 1. The molecule has 21 heavy (non-hydrogen) atoms. The first kappa shape index (κ1) is 13.2. The minimum atomic E-state index is 0.0199. The van der Waals surface area contributed by atoms with Crippen molar-refractivity contribution in [3.05, 3.63) is 65.4 Å². The van der Waals surface area contributed by atoms with Gasteiger partial charge in [0, 0.05) is 0 Å². The van der Waals surface area contributed by atoms with Gasteiger partial charge in [0.1, 0.15) is 18.3 Å². The van der Waals surface area contributed by atoms with Crippen LogP contribution in [0.1, 0.15) is 16.9 Å². The van der Waals surface area contributed by atoms with Crippen LogP contribution in [0.5, 0.6) is 5.75 Å². The van der Waals surface area contributed by atoms with Gasteiger partial charge in [-0.1, -0.05) is 36.4 Å². The van der Waals surface area contributed by atoms with Crippen molar-refractivity contribution < 1.29 is 14.3 Å². The van der Waals surface area contributed by atoms with Gasteiger partial charge in [-0.25, -0.2) is 0 Å². The monoisotopic (exact) mass is 279 g/mol. The molecule has 0 aliphatic carbocycles. The Kier molecular flexibility index (Phi) is 3.59. The summed E-state index contributed by atoms with van der Waals surface area (Å²) in [6.45, 7) is 0.357. The highest BCUT2D eigenvalue weighted by Crippen LogP contribution is 2.32. The molecule has 1 aromatic heterocycles. The van der Waals surface area contributed by atoms with E-state index >= 15 is 0 Å². The Bertz CT molecular complexity index is 797. The second-order valence-electron chi connectivity index (χ2n) is 4.63. The van der Waals surface area contributed by atoms with E-state index in [2.05, 4.69) is 0 Å². The summed E-state index contributed by atoms with van der Waals surface area (Å²) in [7, 11) is 0. The lowest BCUT2D eigenvalue weighted by molar-refractivity contribution is 0.281. The lowest BCUT2D eigenvalue weighted by atomic mass is 10.1. The molecule has 2 aromatic carbocycles. The maximum absolute atomic E-state index is 9.13. The van der Waals surface area contributed by atoms with Gasteiger partial charge < -0.3 is 14.3 Å². The van der Waals surface area contributed by atoms with Crippen LogP contribution in [0.3, 0.4) is 0 Å². The minimum absolute atomic E-state index is 0.0199. The van der Waals surface area contributed by atoms with Gasteiger partial charge in [0.2, 0.25) is 5.76 Å². The molecular formula is C17H13NO3. The van der Waals surface area contributed by atoms with E-state index < -0.39 is 0 Å². The van der Waals surface area contributed by atoms with Crippen molar-refractivity contribution in [2.75, 3.05) is 0 Å². The Balaban J connectivity index is 1.85. The van der Waals surface area contributed by atoms with Crippen molar-refractivity contribution in [3.8, 4) is 11.8 Å². The lowest BCUT2D eigenvalue weighted by Gasteiger charge is -2.05. The van der Waals surface area contributed by atoms with Crippen LogP contribution in [0.25, 0.3) is 11.0 Å². The summed E-state index contributed by atoms with van der Waals surface area (Å²) in [6, 6.07) is 16.9. The van der Waals surface area contributed by atoms with E-state index in [1.54, 1.807) is 6.07 Å². The number of nitriles is 1. The van der Waals surface area contributed by atoms with Gasteiger partial charge in [0.15, 0.2) is 5.75 Å². The number of benzene rings is 2. The number of rotatable bonds is 4. The predicted molar refractivity (Wildman–Crippen MR) is 77.6 cm³/mol. The Morgan fingerprint density at radius 2 is 1.76 bits per heavy atom. The Labute approximate surface area is 121 Å². The van der Waals surface area contributed by atoms with E-state index in [-0.39, 0.29) is 12.4 Å². The average Bonchev–Trinajstić information content (AvgIpc) is 2.91. The zero-order chi connectivity index (χ0) is 14.7. The number of hydrogen-bond acceptors (Lipinski definition) is 4. The largest absolute Gasteiger partial charge is 0.483 e. The highest BCUT2D eigenvalue weighted by atomic mass is 16.5. The number of nitrogens with zero attached hydrogens (tertiary/aromatic N) is 1. The summed E-state index contributed by atoms with van der Waals surface area (Å²) in [6.07, 6.45) is 0. The van der Waals surface area contributed by atoms with Crippen molar-refractivity contribution in [2.45, 2.75) is 13.2 Å². The summed E-state index contributed by atoms with van der Waals surface area (Å²) >= 11 is 0. The van der Waals surface area contributed by atoms with E-state index in [0.29, 0.717) is 17.9 Å². The molecule has 0 fully saturated rings. The molecule has 4 nitrogen and oxygen atoms in total. The molecule has 0 saturated carbocycles. The van der Waals surface area contributed by atoms with Crippen LogP contribution >= 0.6 is 0 Å². The first-order valence-electron chi connectivity index (χ1n) is 6.55. The first-order chi connectivity index (χ1) is 10.3. The van der Waals surface area contributed by atoms with Gasteiger partial charge in [-0.2, -0.15) is 5.26 Å². The van der Waals surface area contributed by atoms with Crippen LogP contribution in [0, 0.1) is 11.3 Å². The van der Waals surface area contributed by atoms with E-state index in [9.17, 15) is 0 Å².